The molecule has 0 saturated carbocycles. The highest BCUT2D eigenvalue weighted by molar-refractivity contribution is 7.86. The topological polar surface area (TPSA) is 34.1 Å². The molecule has 4 heteroatoms. The number of hydrogen-bond donors (Lipinski definition) is 0. The molecule has 2 nitrogen and oxygen atoms in total. The maximum atomic E-state index is 12.5. The maximum Gasteiger partial charge on any atom is 0.332 e. The van der Waals surface area contributed by atoms with Crippen molar-refractivity contribution in [2.75, 3.05) is 0 Å². The molecule has 0 unspecified atom stereocenters. The normalized spacial score (nSPS) is 11.6. The summed E-state index contributed by atoms with van der Waals surface area (Å²) in [6.07, 6.45) is 3.05. The van der Waals surface area contributed by atoms with Crippen LogP contribution in [0.5, 0.6) is 0 Å². The standard InChI is InChI=1S/C10H13FO2S/c1-2-3-4-9-5-7-10(8-6-9)14(11,12)13/h5-8H,2-4H2,1H3. The van der Waals surface area contributed by atoms with E-state index in [4.69, 9.17) is 0 Å². The Labute approximate surface area is 84.0 Å². The number of unbranched alkanes of at least 4 members (excludes halogenated alkanes) is 1. The Morgan fingerprint density at radius 1 is 1.21 bits per heavy atom. The van der Waals surface area contributed by atoms with Gasteiger partial charge in [-0.25, -0.2) is 0 Å². The van der Waals surface area contributed by atoms with E-state index in [-0.39, 0.29) is 4.90 Å². The Morgan fingerprint density at radius 2 is 1.79 bits per heavy atom. The largest absolute Gasteiger partial charge is 0.332 e. The first-order valence-electron chi connectivity index (χ1n) is 4.57. The molecule has 0 amide bonds. The molecule has 0 aromatic heterocycles. The minimum atomic E-state index is -4.54. The highest BCUT2D eigenvalue weighted by atomic mass is 32.3. The molecule has 1 aromatic carbocycles. The van der Waals surface area contributed by atoms with Crippen LogP contribution >= 0.6 is 0 Å². The predicted molar refractivity (Wildman–Crippen MR) is 53.3 cm³/mol. The van der Waals surface area contributed by atoms with Crippen LogP contribution in [0.4, 0.5) is 3.89 Å². The van der Waals surface area contributed by atoms with Gasteiger partial charge in [0, 0.05) is 0 Å². The zero-order chi connectivity index (χ0) is 10.6. The monoisotopic (exact) mass is 216 g/mol. The minimum Gasteiger partial charge on any atom is -0.189 e. The highest BCUT2D eigenvalue weighted by Gasteiger charge is 2.10. The van der Waals surface area contributed by atoms with Crippen LogP contribution in [0.25, 0.3) is 0 Å². The van der Waals surface area contributed by atoms with Gasteiger partial charge in [0.2, 0.25) is 0 Å². The summed E-state index contributed by atoms with van der Waals surface area (Å²) in [5.41, 5.74) is 1.04. The van der Waals surface area contributed by atoms with Crippen molar-refractivity contribution in [2.24, 2.45) is 0 Å². The molecule has 0 aliphatic carbocycles. The van der Waals surface area contributed by atoms with Crippen LogP contribution in [0.3, 0.4) is 0 Å². The third-order valence-electron chi connectivity index (χ3n) is 2.02. The number of hydrogen-bond acceptors (Lipinski definition) is 2. The van der Waals surface area contributed by atoms with Crippen molar-refractivity contribution in [1.29, 1.82) is 0 Å². The van der Waals surface area contributed by atoms with Crippen molar-refractivity contribution in [3.63, 3.8) is 0 Å². The zero-order valence-corrected chi connectivity index (χ0v) is 8.85. The molecule has 0 spiro atoms. The van der Waals surface area contributed by atoms with Gasteiger partial charge in [0.1, 0.15) is 0 Å². The summed E-state index contributed by atoms with van der Waals surface area (Å²) >= 11 is 0. The molecule has 14 heavy (non-hydrogen) atoms. The van der Waals surface area contributed by atoms with Gasteiger partial charge in [-0.2, -0.15) is 8.42 Å². The third kappa shape index (κ3) is 3.10. The van der Waals surface area contributed by atoms with Crippen molar-refractivity contribution in [3.8, 4) is 0 Å². The smallest absolute Gasteiger partial charge is 0.189 e. The van der Waals surface area contributed by atoms with Crippen molar-refractivity contribution in [2.45, 2.75) is 31.1 Å². The van der Waals surface area contributed by atoms with Crippen LogP contribution in [-0.2, 0) is 16.6 Å². The Kier molecular flexibility index (Phi) is 3.63. The second-order valence-corrected chi connectivity index (χ2v) is 4.53. The van der Waals surface area contributed by atoms with E-state index >= 15 is 0 Å². The summed E-state index contributed by atoms with van der Waals surface area (Å²) in [5.74, 6) is 0. The average molecular weight is 216 g/mol. The molecule has 0 aliphatic rings. The Hall–Kier alpha value is -0.900. The first-order chi connectivity index (χ1) is 6.54. The molecule has 1 aromatic rings. The molecule has 0 heterocycles. The summed E-state index contributed by atoms with van der Waals surface area (Å²) in [7, 11) is -4.54. The van der Waals surface area contributed by atoms with E-state index < -0.39 is 10.2 Å². The van der Waals surface area contributed by atoms with Gasteiger partial charge in [0.15, 0.2) is 0 Å². The molecule has 0 fully saturated rings. The Morgan fingerprint density at radius 3 is 2.21 bits per heavy atom. The molecule has 0 atom stereocenters. The quantitative estimate of drug-likeness (QED) is 0.725. The molecular weight excluding hydrogens is 203 g/mol. The molecular formula is C10H13FO2S. The summed E-state index contributed by atoms with van der Waals surface area (Å²) in [4.78, 5) is -0.266. The van der Waals surface area contributed by atoms with Crippen molar-refractivity contribution in [3.05, 3.63) is 29.8 Å². The van der Waals surface area contributed by atoms with E-state index in [0.29, 0.717) is 0 Å². The van der Waals surface area contributed by atoms with Gasteiger partial charge in [-0.3, -0.25) is 0 Å². The van der Waals surface area contributed by atoms with Gasteiger partial charge in [-0.1, -0.05) is 25.5 Å². The van der Waals surface area contributed by atoms with E-state index in [9.17, 15) is 12.3 Å². The van der Waals surface area contributed by atoms with Crippen LogP contribution in [0, 0.1) is 0 Å². The summed E-state index contributed by atoms with van der Waals surface area (Å²) < 4.78 is 33.5. The number of aryl methyl sites for hydroxylation is 1. The molecule has 0 bridgehead atoms. The Balaban J connectivity index is 2.79. The predicted octanol–water partition coefficient (Wildman–Crippen LogP) is 2.69. The van der Waals surface area contributed by atoms with E-state index in [1.807, 2.05) is 0 Å². The SMILES string of the molecule is CCCCc1ccc(S(=O)(=O)F)cc1. The van der Waals surface area contributed by atoms with Gasteiger partial charge in [0.05, 0.1) is 4.90 Å². The third-order valence-corrected chi connectivity index (χ3v) is 2.86. The number of halogens is 1. The molecule has 0 aliphatic heterocycles. The van der Waals surface area contributed by atoms with Crippen LogP contribution in [0.1, 0.15) is 25.3 Å². The number of benzene rings is 1. The fraction of sp³-hybridized carbons (Fsp3) is 0.400. The second-order valence-electron chi connectivity index (χ2n) is 3.19. The van der Waals surface area contributed by atoms with E-state index in [1.54, 1.807) is 12.1 Å². The lowest BCUT2D eigenvalue weighted by Crippen LogP contribution is -1.92. The fourth-order valence-corrected chi connectivity index (χ4v) is 1.66. The maximum absolute atomic E-state index is 12.5. The van der Waals surface area contributed by atoms with Crippen molar-refractivity contribution >= 4 is 10.2 Å². The molecule has 0 N–H and O–H groups in total. The van der Waals surface area contributed by atoms with Gasteiger partial charge in [-0.05, 0) is 30.5 Å². The Bertz CT molecular complexity index is 381. The first kappa shape index (κ1) is 11.2. The molecule has 0 saturated heterocycles. The van der Waals surface area contributed by atoms with Crippen LogP contribution in [0.2, 0.25) is 0 Å². The summed E-state index contributed by atoms with van der Waals surface area (Å²) in [6.45, 7) is 2.08. The van der Waals surface area contributed by atoms with Gasteiger partial charge >= 0.3 is 10.2 Å². The lowest BCUT2D eigenvalue weighted by molar-refractivity contribution is 0.552. The van der Waals surface area contributed by atoms with Crippen LogP contribution in [0.15, 0.2) is 29.2 Å². The second kappa shape index (κ2) is 4.55. The van der Waals surface area contributed by atoms with Crippen molar-refractivity contribution < 1.29 is 12.3 Å². The van der Waals surface area contributed by atoms with Crippen LogP contribution < -0.4 is 0 Å². The molecule has 0 radical (unpaired) electrons. The number of rotatable bonds is 4. The lowest BCUT2D eigenvalue weighted by atomic mass is 10.1. The zero-order valence-electron chi connectivity index (χ0n) is 8.03. The van der Waals surface area contributed by atoms with Gasteiger partial charge in [0.25, 0.3) is 0 Å². The van der Waals surface area contributed by atoms with E-state index in [2.05, 4.69) is 6.92 Å². The minimum absolute atomic E-state index is 0.266. The average Bonchev–Trinajstić information content (AvgIpc) is 2.14. The van der Waals surface area contributed by atoms with Gasteiger partial charge < -0.3 is 0 Å². The fourth-order valence-electron chi connectivity index (χ4n) is 1.20. The summed E-state index contributed by atoms with van der Waals surface area (Å²) in [6, 6.07) is 5.92. The van der Waals surface area contributed by atoms with E-state index in [0.717, 1.165) is 24.8 Å². The summed E-state index contributed by atoms with van der Waals surface area (Å²) in [5, 5.41) is 0. The van der Waals surface area contributed by atoms with Crippen molar-refractivity contribution in [1.82, 2.24) is 0 Å². The molecule has 1 rings (SSSR count). The van der Waals surface area contributed by atoms with Gasteiger partial charge in [-0.15, -0.1) is 3.89 Å². The van der Waals surface area contributed by atoms with Crippen LogP contribution in [-0.4, -0.2) is 8.42 Å². The van der Waals surface area contributed by atoms with E-state index in [1.165, 1.54) is 12.1 Å². The first-order valence-corrected chi connectivity index (χ1v) is 5.96. The molecule has 78 valence electrons. The highest BCUT2D eigenvalue weighted by Crippen LogP contribution is 2.14. The lowest BCUT2D eigenvalue weighted by Gasteiger charge is -2.00.